The Morgan fingerprint density at radius 3 is 2.53 bits per heavy atom. The Balaban J connectivity index is 0.00000144. The quantitative estimate of drug-likeness (QED) is 0.900. The highest BCUT2D eigenvalue weighted by molar-refractivity contribution is 5.85. The topological polar surface area (TPSA) is 23.5 Å². The number of aliphatic hydroxyl groups is 1. The molecule has 1 aromatic carbocycles. The molecule has 0 unspecified atom stereocenters. The van der Waals surface area contributed by atoms with Crippen LogP contribution in [-0.4, -0.2) is 29.7 Å². The fourth-order valence-electron chi connectivity index (χ4n) is 1.96. The van der Waals surface area contributed by atoms with Crippen LogP contribution >= 0.6 is 12.4 Å². The predicted octanol–water partition coefficient (Wildman–Crippen LogP) is 2.53. The lowest BCUT2D eigenvalue weighted by atomic mass is 10.1. The van der Waals surface area contributed by atoms with Crippen molar-refractivity contribution < 1.29 is 9.50 Å². The predicted molar refractivity (Wildman–Crippen MR) is 68.8 cm³/mol. The van der Waals surface area contributed by atoms with Gasteiger partial charge in [0.2, 0.25) is 0 Å². The molecule has 0 amide bonds. The Morgan fingerprint density at radius 2 is 1.94 bits per heavy atom. The highest BCUT2D eigenvalue weighted by atomic mass is 35.5. The summed E-state index contributed by atoms with van der Waals surface area (Å²) in [4.78, 5) is 2.06. The number of hydrogen-bond acceptors (Lipinski definition) is 2. The second kappa shape index (κ2) is 6.74. The summed E-state index contributed by atoms with van der Waals surface area (Å²) in [6.45, 7) is 1.76. The van der Waals surface area contributed by atoms with Crippen LogP contribution in [0, 0.1) is 0 Å². The third-order valence-electron chi connectivity index (χ3n) is 2.92. The van der Waals surface area contributed by atoms with E-state index in [4.69, 9.17) is 5.11 Å². The number of nitrogens with zero attached hydrogens (tertiary/aromatic N) is 1. The molecule has 1 aliphatic heterocycles. The first-order valence-electron chi connectivity index (χ1n) is 5.53. The largest absolute Gasteiger partial charge is 0.392 e. The van der Waals surface area contributed by atoms with Crippen molar-refractivity contribution in [1.29, 1.82) is 0 Å². The van der Waals surface area contributed by atoms with E-state index in [9.17, 15) is 4.39 Å². The Bertz CT molecular complexity index is 380. The van der Waals surface area contributed by atoms with Gasteiger partial charge >= 0.3 is 0 Å². The van der Waals surface area contributed by atoms with E-state index in [1.54, 1.807) is 0 Å². The van der Waals surface area contributed by atoms with Gasteiger partial charge < -0.3 is 5.11 Å². The number of hydrogen-bond donors (Lipinski definition) is 1. The fraction of sp³-hybridized carbons (Fsp3) is 0.385. The zero-order valence-corrected chi connectivity index (χ0v) is 10.4. The maximum absolute atomic E-state index is 13.5. The first kappa shape index (κ1) is 14.2. The molecule has 1 aromatic rings. The van der Waals surface area contributed by atoms with Gasteiger partial charge in [0.05, 0.1) is 13.2 Å². The number of halogens is 2. The van der Waals surface area contributed by atoms with Crippen molar-refractivity contribution in [2.75, 3.05) is 19.7 Å². The second-order valence-electron chi connectivity index (χ2n) is 4.11. The molecule has 4 heteroatoms. The maximum atomic E-state index is 13.5. The molecule has 0 radical (unpaired) electrons. The minimum atomic E-state index is -0.162. The average molecular weight is 258 g/mol. The van der Waals surface area contributed by atoms with E-state index in [1.165, 1.54) is 5.56 Å². The molecule has 0 aliphatic carbocycles. The van der Waals surface area contributed by atoms with Crippen molar-refractivity contribution in [1.82, 2.24) is 4.90 Å². The molecule has 0 saturated heterocycles. The lowest BCUT2D eigenvalue weighted by molar-refractivity contribution is 0.234. The van der Waals surface area contributed by atoms with Crippen LogP contribution in [0.3, 0.4) is 0 Å². The van der Waals surface area contributed by atoms with Crippen LogP contribution in [-0.2, 0) is 6.54 Å². The Kier molecular flexibility index (Phi) is 5.62. The third-order valence-corrected chi connectivity index (χ3v) is 2.92. The van der Waals surface area contributed by atoms with Gasteiger partial charge in [0.15, 0.2) is 0 Å². The van der Waals surface area contributed by atoms with Crippen LogP contribution in [0.1, 0.15) is 12.0 Å². The van der Waals surface area contributed by atoms with Gasteiger partial charge in [-0.05, 0) is 17.6 Å². The lowest BCUT2D eigenvalue weighted by Crippen LogP contribution is -2.31. The van der Waals surface area contributed by atoms with Crippen LogP contribution in [0.5, 0.6) is 0 Å². The first-order chi connectivity index (χ1) is 7.79. The summed E-state index contributed by atoms with van der Waals surface area (Å²) in [6, 6.07) is 10.0. The second-order valence-corrected chi connectivity index (χ2v) is 4.11. The minimum Gasteiger partial charge on any atom is -0.392 e. The van der Waals surface area contributed by atoms with Gasteiger partial charge in [-0.1, -0.05) is 30.3 Å². The van der Waals surface area contributed by atoms with Gasteiger partial charge in [-0.15, -0.1) is 12.4 Å². The summed E-state index contributed by atoms with van der Waals surface area (Å²) < 4.78 is 13.5. The van der Waals surface area contributed by atoms with Crippen LogP contribution < -0.4 is 0 Å². The van der Waals surface area contributed by atoms with Gasteiger partial charge in [0.25, 0.3) is 0 Å². The molecule has 0 atom stereocenters. The van der Waals surface area contributed by atoms with Gasteiger partial charge in [-0.3, -0.25) is 4.90 Å². The number of rotatable bonds is 3. The molecule has 1 aliphatic rings. The van der Waals surface area contributed by atoms with Crippen LogP contribution in [0.2, 0.25) is 0 Å². The maximum Gasteiger partial charge on any atom is 0.115 e. The molecule has 2 nitrogen and oxygen atoms in total. The van der Waals surface area contributed by atoms with E-state index >= 15 is 0 Å². The Morgan fingerprint density at radius 1 is 1.24 bits per heavy atom. The molecular formula is C13H17ClFNO. The highest BCUT2D eigenvalue weighted by Crippen LogP contribution is 2.19. The molecule has 0 fully saturated rings. The molecule has 0 bridgehead atoms. The Hall–Kier alpha value is -0.900. The zero-order chi connectivity index (χ0) is 11.4. The summed E-state index contributed by atoms with van der Waals surface area (Å²) in [5.74, 6) is -0.162. The normalized spacial score (nSPS) is 16.8. The summed E-state index contributed by atoms with van der Waals surface area (Å²) in [5, 5.41) is 8.92. The monoisotopic (exact) mass is 257 g/mol. The van der Waals surface area contributed by atoms with Crippen molar-refractivity contribution in [3.8, 4) is 0 Å². The molecule has 94 valence electrons. The molecular weight excluding hydrogens is 241 g/mol. The van der Waals surface area contributed by atoms with Gasteiger partial charge in [0.1, 0.15) is 5.83 Å². The van der Waals surface area contributed by atoms with Gasteiger partial charge in [-0.25, -0.2) is 4.39 Å². The molecule has 0 spiro atoms. The molecule has 17 heavy (non-hydrogen) atoms. The molecule has 0 saturated carbocycles. The minimum absolute atomic E-state index is 0. The standard InChI is InChI=1S/C13H16FNO.ClH/c14-13-9-15(7-6-12(13)10-16)8-11-4-2-1-3-5-11;/h1-5,16H,6-10H2;1H. The van der Waals surface area contributed by atoms with E-state index in [-0.39, 0.29) is 24.8 Å². The zero-order valence-electron chi connectivity index (χ0n) is 9.60. The van der Waals surface area contributed by atoms with Gasteiger partial charge in [-0.2, -0.15) is 0 Å². The summed E-state index contributed by atoms with van der Waals surface area (Å²) in [7, 11) is 0. The van der Waals surface area contributed by atoms with Gasteiger partial charge in [0, 0.05) is 13.1 Å². The van der Waals surface area contributed by atoms with Crippen molar-refractivity contribution in [2.45, 2.75) is 13.0 Å². The summed E-state index contributed by atoms with van der Waals surface area (Å²) in [6.07, 6.45) is 0.634. The van der Waals surface area contributed by atoms with Crippen LogP contribution in [0.15, 0.2) is 41.7 Å². The SMILES string of the molecule is Cl.OCC1=C(F)CN(Cc2ccccc2)CC1. The smallest absolute Gasteiger partial charge is 0.115 e. The highest BCUT2D eigenvalue weighted by Gasteiger charge is 2.18. The van der Waals surface area contributed by atoms with E-state index < -0.39 is 0 Å². The van der Waals surface area contributed by atoms with E-state index in [1.807, 2.05) is 30.3 Å². The van der Waals surface area contributed by atoms with E-state index in [0.717, 1.165) is 13.1 Å². The average Bonchev–Trinajstić information content (AvgIpc) is 2.31. The number of benzene rings is 1. The molecule has 0 aromatic heterocycles. The van der Waals surface area contributed by atoms with Crippen LogP contribution in [0.4, 0.5) is 4.39 Å². The first-order valence-corrected chi connectivity index (χ1v) is 5.53. The fourth-order valence-corrected chi connectivity index (χ4v) is 1.96. The summed E-state index contributed by atoms with van der Waals surface area (Å²) in [5.41, 5.74) is 1.76. The summed E-state index contributed by atoms with van der Waals surface area (Å²) >= 11 is 0. The van der Waals surface area contributed by atoms with E-state index in [2.05, 4.69) is 4.90 Å². The lowest BCUT2D eigenvalue weighted by Gasteiger charge is -2.27. The molecule has 1 heterocycles. The van der Waals surface area contributed by atoms with Crippen molar-refractivity contribution in [2.24, 2.45) is 0 Å². The van der Waals surface area contributed by atoms with Crippen LogP contribution in [0.25, 0.3) is 0 Å². The molecule has 2 rings (SSSR count). The third kappa shape index (κ3) is 3.80. The van der Waals surface area contributed by atoms with E-state index in [0.29, 0.717) is 18.5 Å². The number of aliphatic hydroxyl groups excluding tert-OH is 1. The Labute approximate surface area is 107 Å². The van der Waals surface area contributed by atoms with Crippen molar-refractivity contribution in [3.05, 3.63) is 47.3 Å². The van der Waals surface area contributed by atoms with Crippen molar-refractivity contribution in [3.63, 3.8) is 0 Å². The van der Waals surface area contributed by atoms with Crippen molar-refractivity contribution >= 4 is 12.4 Å². The molecule has 1 N–H and O–H groups in total.